The average molecular weight is 478 g/mol. The molecule has 0 bridgehead atoms. The molecule has 0 unspecified atom stereocenters. The van der Waals surface area contributed by atoms with Crippen LogP contribution < -0.4 is 0 Å². The summed E-state index contributed by atoms with van der Waals surface area (Å²) in [6.07, 6.45) is 0.649. The molecule has 3 aromatic rings. The van der Waals surface area contributed by atoms with E-state index in [1.165, 1.54) is 28.6 Å². The maximum absolute atomic E-state index is 13.6. The molecule has 0 radical (unpaired) electrons. The second-order valence-corrected chi connectivity index (χ2v) is 10.1. The highest BCUT2D eigenvalue weighted by Gasteiger charge is 2.27. The van der Waals surface area contributed by atoms with Crippen LogP contribution in [0.25, 0.3) is 0 Å². The molecule has 0 saturated carbocycles. The SMILES string of the molecule is N#Cc1cc(CN2CCCN(S(=O)(=O)c3ccc(C(=O)c4ccccc4)cc3)CC2)ccc1F. The number of sulfonamides is 1. The number of halogens is 1. The molecule has 1 heterocycles. The number of ketones is 1. The number of benzene rings is 3. The van der Waals surface area contributed by atoms with E-state index in [1.807, 2.05) is 12.1 Å². The molecule has 0 spiro atoms. The normalized spacial score (nSPS) is 15.4. The van der Waals surface area contributed by atoms with Gasteiger partial charge in [-0.3, -0.25) is 9.69 Å². The molecular weight excluding hydrogens is 453 g/mol. The highest BCUT2D eigenvalue weighted by molar-refractivity contribution is 7.89. The molecule has 0 aliphatic carbocycles. The van der Waals surface area contributed by atoms with Crippen molar-refractivity contribution >= 4 is 15.8 Å². The van der Waals surface area contributed by atoms with Crippen LogP contribution in [0.15, 0.2) is 77.7 Å². The fourth-order valence-corrected chi connectivity index (χ4v) is 5.51. The van der Waals surface area contributed by atoms with Crippen molar-refractivity contribution in [2.24, 2.45) is 0 Å². The van der Waals surface area contributed by atoms with Gasteiger partial charge < -0.3 is 0 Å². The van der Waals surface area contributed by atoms with Gasteiger partial charge in [0.15, 0.2) is 5.78 Å². The Morgan fingerprint density at radius 2 is 1.62 bits per heavy atom. The van der Waals surface area contributed by atoms with Crippen LogP contribution in [-0.2, 0) is 16.6 Å². The fourth-order valence-electron chi connectivity index (χ4n) is 4.04. The van der Waals surface area contributed by atoms with Crippen LogP contribution in [0.3, 0.4) is 0 Å². The number of nitriles is 1. The third kappa shape index (κ3) is 5.23. The van der Waals surface area contributed by atoms with Crippen LogP contribution in [0.1, 0.15) is 33.5 Å². The molecule has 1 saturated heterocycles. The van der Waals surface area contributed by atoms with Gasteiger partial charge >= 0.3 is 0 Å². The fraction of sp³-hybridized carbons (Fsp3) is 0.231. The van der Waals surface area contributed by atoms with Gasteiger partial charge in [0.05, 0.1) is 10.5 Å². The number of hydrogen-bond donors (Lipinski definition) is 0. The summed E-state index contributed by atoms with van der Waals surface area (Å²) in [4.78, 5) is 14.9. The van der Waals surface area contributed by atoms with Crippen LogP contribution in [0, 0.1) is 17.1 Å². The highest BCUT2D eigenvalue weighted by atomic mass is 32.2. The predicted octanol–water partition coefficient (Wildman–Crippen LogP) is 3.82. The lowest BCUT2D eigenvalue weighted by Gasteiger charge is -2.22. The lowest BCUT2D eigenvalue weighted by atomic mass is 10.0. The van der Waals surface area contributed by atoms with Crippen molar-refractivity contribution in [3.63, 3.8) is 0 Å². The van der Waals surface area contributed by atoms with Crippen LogP contribution >= 0.6 is 0 Å². The summed E-state index contributed by atoms with van der Waals surface area (Å²) in [5.74, 6) is -0.703. The molecule has 3 aromatic carbocycles. The lowest BCUT2D eigenvalue weighted by Crippen LogP contribution is -2.35. The second-order valence-electron chi connectivity index (χ2n) is 8.18. The van der Waals surface area contributed by atoms with Crippen molar-refractivity contribution in [2.75, 3.05) is 26.2 Å². The Bertz CT molecular complexity index is 1320. The second kappa shape index (κ2) is 10.3. The van der Waals surface area contributed by atoms with Crippen LogP contribution in [0.4, 0.5) is 4.39 Å². The van der Waals surface area contributed by atoms with E-state index in [0.717, 1.165) is 5.56 Å². The van der Waals surface area contributed by atoms with E-state index in [1.54, 1.807) is 42.5 Å². The molecule has 0 atom stereocenters. The van der Waals surface area contributed by atoms with Gasteiger partial charge in [0.2, 0.25) is 10.0 Å². The molecule has 34 heavy (non-hydrogen) atoms. The molecular formula is C26H24FN3O3S. The van der Waals surface area contributed by atoms with E-state index >= 15 is 0 Å². The molecule has 1 aliphatic rings. The van der Waals surface area contributed by atoms with Gasteiger partial charge in [-0.05, 0) is 54.9 Å². The third-order valence-corrected chi connectivity index (χ3v) is 7.81. The van der Waals surface area contributed by atoms with Crippen molar-refractivity contribution < 1.29 is 17.6 Å². The van der Waals surface area contributed by atoms with Gasteiger partial charge in [-0.2, -0.15) is 9.57 Å². The van der Waals surface area contributed by atoms with Gasteiger partial charge in [-0.25, -0.2) is 12.8 Å². The molecule has 8 heteroatoms. The number of hydrogen-bond acceptors (Lipinski definition) is 5. The molecule has 6 nitrogen and oxygen atoms in total. The molecule has 174 valence electrons. The molecule has 0 amide bonds. The molecule has 1 aliphatic heterocycles. The first-order valence-electron chi connectivity index (χ1n) is 11.0. The van der Waals surface area contributed by atoms with E-state index in [9.17, 15) is 17.6 Å². The van der Waals surface area contributed by atoms with Crippen LogP contribution in [-0.4, -0.2) is 49.6 Å². The Morgan fingerprint density at radius 3 is 2.32 bits per heavy atom. The van der Waals surface area contributed by atoms with E-state index in [-0.39, 0.29) is 16.2 Å². The summed E-state index contributed by atoms with van der Waals surface area (Å²) in [6, 6.07) is 21.2. The van der Waals surface area contributed by atoms with E-state index < -0.39 is 15.8 Å². The highest BCUT2D eigenvalue weighted by Crippen LogP contribution is 2.21. The summed E-state index contributed by atoms with van der Waals surface area (Å²) in [5, 5.41) is 9.04. The molecule has 4 rings (SSSR count). The zero-order chi connectivity index (χ0) is 24.1. The zero-order valence-electron chi connectivity index (χ0n) is 18.5. The summed E-state index contributed by atoms with van der Waals surface area (Å²) < 4.78 is 41.5. The zero-order valence-corrected chi connectivity index (χ0v) is 19.3. The predicted molar refractivity (Wildman–Crippen MR) is 126 cm³/mol. The quantitative estimate of drug-likeness (QED) is 0.504. The van der Waals surface area contributed by atoms with Gasteiger partial charge in [-0.15, -0.1) is 0 Å². The molecule has 1 fully saturated rings. The van der Waals surface area contributed by atoms with Crippen molar-refractivity contribution in [1.29, 1.82) is 5.26 Å². The summed E-state index contributed by atoms with van der Waals surface area (Å²) >= 11 is 0. The first-order valence-corrected chi connectivity index (χ1v) is 12.4. The third-order valence-electron chi connectivity index (χ3n) is 5.90. The number of rotatable bonds is 6. The van der Waals surface area contributed by atoms with Gasteiger partial charge in [0, 0.05) is 37.3 Å². The number of carbonyl (C=O) groups is 1. The minimum atomic E-state index is -3.70. The average Bonchev–Trinajstić information content (AvgIpc) is 3.11. The Balaban J connectivity index is 1.43. The summed E-state index contributed by atoms with van der Waals surface area (Å²) in [5.41, 5.74) is 1.80. The minimum Gasteiger partial charge on any atom is -0.298 e. The van der Waals surface area contributed by atoms with E-state index in [2.05, 4.69) is 4.90 Å². The van der Waals surface area contributed by atoms with Crippen molar-refractivity contribution in [3.05, 3.63) is 101 Å². The largest absolute Gasteiger partial charge is 0.298 e. The topological polar surface area (TPSA) is 81.5 Å². The summed E-state index contributed by atoms with van der Waals surface area (Å²) in [7, 11) is -3.70. The number of carbonyl (C=O) groups excluding carboxylic acids is 1. The Morgan fingerprint density at radius 1 is 0.912 bits per heavy atom. The van der Waals surface area contributed by atoms with Crippen molar-refractivity contribution in [2.45, 2.75) is 17.9 Å². The Hall–Kier alpha value is -3.38. The maximum Gasteiger partial charge on any atom is 0.243 e. The number of nitrogens with zero attached hydrogens (tertiary/aromatic N) is 3. The van der Waals surface area contributed by atoms with Gasteiger partial charge in [-0.1, -0.05) is 36.4 Å². The van der Waals surface area contributed by atoms with Crippen LogP contribution in [0.2, 0.25) is 0 Å². The minimum absolute atomic E-state index is 0.00530. The Labute approximate surface area is 198 Å². The maximum atomic E-state index is 13.6. The van der Waals surface area contributed by atoms with Gasteiger partial charge in [0.25, 0.3) is 0 Å². The monoisotopic (exact) mass is 477 g/mol. The van der Waals surface area contributed by atoms with E-state index in [0.29, 0.717) is 50.3 Å². The lowest BCUT2D eigenvalue weighted by molar-refractivity contribution is 0.103. The first kappa shape index (κ1) is 23.8. The molecule has 0 N–H and O–H groups in total. The Kier molecular flexibility index (Phi) is 7.17. The first-order chi connectivity index (χ1) is 16.4. The smallest absolute Gasteiger partial charge is 0.243 e. The van der Waals surface area contributed by atoms with Crippen molar-refractivity contribution in [3.8, 4) is 6.07 Å². The summed E-state index contributed by atoms with van der Waals surface area (Å²) in [6.45, 7) is 2.42. The standard InChI is InChI=1S/C26H24FN3O3S/c27-25-12-7-20(17-23(25)18-28)19-29-13-4-14-30(16-15-29)34(32,33)24-10-8-22(9-11-24)26(31)21-5-2-1-3-6-21/h1-3,5-12,17H,4,13-16,19H2. The molecule has 0 aromatic heterocycles. The van der Waals surface area contributed by atoms with E-state index in [4.69, 9.17) is 5.26 Å². The van der Waals surface area contributed by atoms with Crippen LogP contribution in [0.5, 0.6) is 0 Å². The van der Waals surface area contributed by atoms with Crippen molar-refractivity contribution in [1.82, 2.24) is 9.21 Å². The van der Waals surface area contributed by atoms with Gasteiger partial charge in [0.1, 0.15) is 11.9 Å².